The first kappa shape index (κ1) is 14.2. The minimum absolute atomic E-state index is 0.307. The number of piperidine rings is 3. The van der Waals surface area contributed by atoms with E-state index in [1.54, 1.807) is 18.4 Å². The zero-order valence-electron chi connectivity index (χ0n) is 12.9. The third-order valence-corrected chi connectivity index (χ3v) is 6.45. The van der Waals surface area contributed by atoms with Crippen LogP contribution in [0.3, 0.4) is 0 Å². The molecule has 0 aliphatic carbocycles. The Labute approximate surface area is 134 Å². The minimum Gasteiger partial charge on any atom is -0.495 e. The molecular weight excluding hydrogens is 294 g/mol. The van der Waals surface area contributed by atoms with Gasteiger partial charge in [-0.05, 0) is 55.3 Å². The maximum absolute atomic E-state index is 12.7. The predicted octanol–water partition coefficient (Wildman–Crippen LogP) is 3.82. The third-order valence-electron chi connectivity index (χ3n) is 5.24. The van der Waals surface area contributed by atoms with Gasteiger partial charge < -0.3 is 9.64 Å². The number of carbonyl (C=O) groups excluding carboxylic acids is 1. The standard InChI is InChI=1S/C18H21NO2S/c1-21-16-4-2-3-13-10-17(22-18(13)16)15(20)9-14-11-19-7-5-12(14)6-8-19/h2-4,10,12,14H,5-9,11H2,1H3/t14-/m1/s1. The highest BCUT2D eigenvalue weighted by atomic mass is 32.1. The predicted molar refractivity (Wildman–Crippen MR) is 90.0 cm³/mol. The number of nitrogens with zero attached hydrogens (tertiary/aromatic N) is 1. The molecule has 5 rings (SSSR count). The first-order valence-corrected chi connectivity index (χ1v) is 8.88. The lowest BCUT2D eigenvalue weighted by Gasteiger charge is -2.44. The van der Waals surface area contributed by atoms with Crippen molar-refractivity contribution in [3.05, 3.63) is 29.1 Å². The highest BCUT2D eigenvalue weighted by Gasteiger charge is 2.35. The lowest BCUT2D eigenvalue weighted by atomic mass is 9.76. The van der Waals surface area contributed by atoms with Crippen LogP contribution in [0.2, 0.25) is 0 Å². The van der Waals surface area contributed by atoms with E-state index in [-0.39, 0.29) is 0 Å². The van der Waals surface area contributed by atoms with Crippen LogP contribution in [-0.2, 0) is 0 Å². The van der Waals surface area contributed by atoms with Crippen LogP contribution in [0.15, 0.2) is 24.3 Å². The molecule has 2 bridgehead atoms. The van der Waals surface area contributed by atoms with E-state index < -0.39 is 0 Å². The molecule has 22 heavy (non-hydrogen) atoms. The normalized spacial score (nSPS) is 27.2. The van der Waals surface area contributed by atoms with Gasteiger partial charge in [0.15, 0.2) is 5.78 Å². The van der Waals surface area contributed by atoms with Gasteiger partial charge in [0, 0.05) is 13.0 Å². The van der Waals surface area contributed by atoms with Gasteiger partial charge in [0.1, 0.15) is 5.75 Å². The van der Waals surface area contributed by atoms with Crippen LogP contribution in [0.5, 0.6) is 5.75 Å². The summed E-state index contributed by atoms with van der Waals surface area (Å²) in [4.78, 5) is 16.1. The Kier molecular flexibility index (Phi) is 3.66. The SMILES string of the molecule is COc1cccc2cc(C(=O)C[C@@H]3CN4CCC3CC4)sc12. The van der Waals surface area contributed by atoms with Gasteiger partial charge in [-0.1, -0.05) is 12.1 Å². The summed E-state index contributed by atoms with van der Waals surface area (Å²) < 4.78 is 6.49. The fourth-order valence-corrected chi connectivity index (χ4v) is 5.09. The number of Topliss-reactive ketones (excluding diaryl/α,β-unsaturated/α-hetero) is 1. The molecular formula is C18H21NO2S. The number of fused-ring (bicyclic) bond motifs is 4. The van der Waals surface area contributed by atoms with E-state index in [1.807, 2.05) is 18.2 Å². The van der Waals surface area contributed by atoms with Crippen molar-refractivity contribution >= 4 is 27.2 Å². The molecule has 4 heterocycles. The van der Waals surface area contributed by atoms with Gasteiger partial charge in [-0.3, -0.25) is 4.79 Å². The monoisotopic (exact) mass is 315 g/mol. The Balaban J connectivity index is 1.55. The number of ether oxygens (including phenoxy) is 1. The van der Waals surface area contributed by atoms with E-state index in [4.69, 9.17) is 4.74 Å². The molecule has 3 fully saturated rings. The molecule has 1 aromatic heterocycles. The summed E-state index contributed by atoms with van der Waals surface area (Å²) in [6.07, 6.45) is 3.26. The lowest BCUT2D eigenvalue weighted by molar-refractivity contribution is 0.0442. The Hall–Kier alpha value is -1.39. The summed E-state index contributed by atoms with van der Waals surface area (Å²) in [6.45, 7) is 3.58. The van der Waals surface area contributed by atoms with Crippen molar-refractivity contribution in [3.8, 4) is 5.75 Å². The maximum Gasteiger partial charge on any atom is 0.173 e. The summed E-state index contributed by atoms with van der Waals surface area (Å²) in [6, 6.07) is 8.03. The first-order chi connectivity index (χ1) is 10.7. The number of hydrogen-bond donors (Lipinski definition) is 0. The van der Waals surface area contributed by atoms with Gasteiger partial charge in [-0.15, -0.1) is 11.3 Å². The fraction of sp³-hybridized carbons (Fsp3) is 0.500. The van der Waals surface area contributed by atoms with Gasteiger partial charge in [0.05, 0.1) is 16.7 Å². The summed E-state index contributed by atoms with van der Waals surface area (Å²) in [5.41, 5.74) is 0. The van der Waals surface area contributed by atoms with E-state index >= 15 is 0 Å². The summed E-state index contributed by atoms with van der Waals surface area (Å²) in [5.74, 6) is 2.49. The van der Waals surface area contributed by atoms with Crippen molar-refractivity contribution in [1.82, 2.24) is 4.90 Å². The number of ketones is 1. The molecule has 2 aromatic rings. The van der Waals surface area contributed by atoms with Gasteiger partial charge in [-0.2, -0.15) is 0 Å². The summed E-state index contributed by atoms with van der Waals surface area (Å²) in [7, 11) is 1.68. The van der Waals surface area contributed by atoms with E-state index in [0.29, 0.717) is 18.1 Å². The zero-order valence-corrected chi connectivity index (χ0v) is 13.7. The van der Waals surface area contributed by atoms with Crippen molar-refractivity contribution in [2.45, 2.75) is 19.3 Å². The number of rotatable bonds is 4. The number of hydrogen-bond acceptors (Lipinski definition) is 4. The largest absolute Gasteiger partial charge is 0.495 e. The average molecular weight is 315 g/mol. The van der Waals surface area contributed by atoms with Crippen LogP contribution >= 0.6 is 11.3 Å². The summed E-state index contributed by atoms with van der Waals surface area (Å²) in [5, 5.41) is 1.11. The molecule has 0 amide bonds. The Morgan fingerprint density at radius 1 is 1.36 bits per heavy atom. The van der Waals surface area contributed by atoms with Crippen LogP contribution in [0.25, 0.3) is 10.1 Å². The number of carbonyl (C=O) groups is 1. The molecule has 1 atom stereocenters. The molecule has 0 unspecified atom stereocenters. The molecule has 116 valence electrons. The van der Waals surface area contributed by atoms with E-state index in [0.717, 1.165) is 33.2 Å². The quantitative estimate of drug-likeness (QED) is 0.803. The molecule has 4 heteroatoms. The number of methoxy groups -OCH3 is 1. The molecule has 3 saturated heterocycles. The van der Waals surface area contributed by atoms with Gasteiger partial charge in [0.2, 0.25) is 0 Å². The topological polar surface area (TPSA) is 29.5 Å². The van der Waals surface area contributed by atoms with E-state index in [9.17, 15) is 4.79 Å². The Morgan fingerprint density at radius 2 is 2.18 bits per heavy atom. The molecule has 0 N–H and O–H groups in total. The van der Waals surface area contributed by atoms with Crippen LogP contribution in [0, 0.1) is 11.8 Å². The molecule has 0 radical (unpaired) electrons. The fourth-order valence-electron chi connectivity index (χ4n) is 3.99. The second kappa shape index (κ2) is 5.67. The Morgan fingerprint density at radius 3 is 2.86 bits per heavy atom. The zero-order chi connectivity index (χ0) is 15.1. The second-order valence-corrected chi connectivity index (χ2v) is 7.57. The molecule has 0 spiro atoms. The highest BCUT2D eigenvalue weighted by Crippen LogP contribution is 2.37. The lowest BCUT2D eigenvalue weighted by Crippen LogP contribution is -2.47. The smallest absolute Gasteiger partial charge is 0.173 e. The Bertz CT molecular complexity index is 700. The van der Waals surface area contributed by atoms with Crippen molar-refractivity contribution in [1.29, 1.82) is 0 Å². The molecule has 3 aliphatic heterocycles. The first-order valence-electron chi connectivity index (χ1n) is 8.06. The van der Waals surface area contributed by atoms with Crippen molar-refractivity contribution in [3.63, 3.8) is 0 Å². The van der Waals surface area contributed by atoms with Crippen molar-refractivity contribution in [2.24, 2.45) is 11.8 Å². The number of thiophene rings is 1. The molecule has 1 aromatic carbocycles. The van der Waals surface area contributed by atoms with Crippen molar-refractivity contribution in [2.75, 3.05) is 26.7 Å². The van der Waals surface area contributed by atoms with Crippen LogP contribution in [-0.4, -0.2) is 37.4 Å². The van der Waals surface area contributed by atoms with Gasteiger partial charge in [0.25, 0.3) is 0 Å². The van der Waals surface area contributed by atoms with Gasteiger partial charge >= 0.3 is 0 Å². The van der Waals surface area contributed by atoms with Gasteiger partial charge in [-0.25, -0.2) is 0 Å². The van der Waals surface area contributed by atoms with Crippen LogP contribution in [0.1, 0.15) is 28.9 Å². The van der Waals surface area contributed by atoms with E-state index in [1.165, 1.54) is 25.9 Å². The maximum atomic E-state index is 12.7. The average Bonchev–Trinajstić information content (AvgIpc) is 3.00. The molecule has 3 aliphatic rings. The van der Waals surface area contributed by atoms with Crippen molar-refractivity contribution < 1.29 is 9.53 Å². The summed E-state index contributed by atoms with van der Waals surface area (Å²) >= 11 is 1.58. The van der Waals surface area contributed by atoms with Crippen LogP contribution in [0.4, 0.5) is 0 Å². The third kappa shape index (κ3) is 2.44. The highest BCUT2D eigenvalue weighted by molar-refractivity contribution is 7.21. The van der Waals surface area contributed by atoms with E-state index in [2.05, 4.69) is 11.0 Å². The van der Waals surface area contributed by atoms with Crippen LogP contribution < -0.4 is 4.74 Å². The minimum atomic E-state index is 0.307. The molecule has 0 saturated carbocycles. The molecule has 3 nitrogen and oxygen atoms in total. The number of benzene rings is 1. The second-order valence-electron chi connectivity index (χ2n) is 6.51.